The molecule has 2 rings (SSSR count). The second-order valence-electron chi connectivity index (χ2n) is 6.18. The van der Waals surface area contributed by atoms with Crippen LogP contribution < -0.4 is 10.6 Å². The quantitative estimate of drug-likeness (QED) is 0.795. The molecule has 0 spiro atoms. The average molecular weight is 357 g/mol. The van der Waals surface area contributed by atoms with Crippen LogP contribution >= 0.6 is 0 Å². The van der Waals surface area contributed by atoms with Gasteiger partial charge in [-0.25, -0.2) is 4.79 Å². The van der Waals surface area contributed by atoms with Crippen LogP contribution in [0.2, 0.25) is 0 Å². The van der Waals surface area contributed by atoms with Crippen molar-refractivity contribution in [1.29, 1.82) is 0 Å². The number of nitrogens with one attached hydrogen (secondary N) is 2. The normalized spacial score (nSPS) is 17.8. The number of hydrogen-bond acceptors (Lipinski definition) is 3. The number of urea groups is 1. The van der Waals surface area contributed by atoms with Gasteiger partial charge in [0.05, 0.1) is 5.56 Å². The lowest BCUT2D eigenvalue weighted by Crippen LogP contribution is -2.38. The van der Waals surface area contributed by atoms with Gasteiger partial charge in [-0.05, 0) is 36.6 Å². The summed E-state index contributed by atoms with van der Waals surface area (Å²) >= 11 is 0. The van der Waals surface area contributed by atoms with Gasteiger partial charge in [-0.15, -0.1) is 0 Å². The predicted octanol–water partition coefficient (Wildman–Crippen LogP) is 2.61. The van der Waals surface area contributed by atoms with Gasteiger partial charge < -0.3 is 10.6 Å². The van der Waals surface area contributed by atoms with Crippen LogP contribution in [0.15, 0.2) is 24.3 Å². The Morgan fingerprint density at radius 2 is 1.84 bits per heavy atom. The number of carbonyl (C=O) groups excluding carboxylic acids is 3. The fraction of sp³-hybridized carbons (Fsp3) is 0.438. The highest BCUT2D eigenvalue weighted by atomic mass is 19.4. The first-order valence-electron chi connectivity index (χ1n) is 7.67. The first-order chi connectivity index (χ1) is 11.6. The monoisotopic (exact) mass is 357 g/mol. The lowest BCUT2D eigenvalue weighted by Gasteiger charge is -2.14. The molecule has 0 radical (unpaired) electrons. The molecule has 1 heterocycles. The fourth-order valence-corrected chi connectivity index (χ4v) is 2.44. The smallest absolute Gasteiger partial charge is 0.326 e. The molecule has 9 heteroatoms. The summed E-state index contributed by atoms with van der Waals surface area (Å²) in [5.74, 6) is -0.968. The number of nitrogens with zero attached hydrogens (tertiary/aromatic N) is 1. The molecule has 1 aromatic carbocycles. The molecule has 0 aromatic heterocycles. The van der Waals surface area contributed by atoms with Crippen molar-refractivity contribution < 1.29 is 27.6 Å². The van der Waals surface area contributed by atoms with E-state index < -0.39 is 42.2 Å². The number of anilines is 1. The Hall–Kier alpha value is -2.58. The van der Waals surface area contributed by atoms with Gasteiger partial charge in [0.1, 0.15) is 12.6 Å². The molecule has 1 atom stereocenters. The lowest BCUT2D eigenvalue weighted by molar-refractivity contribution is -0.137. The second-order valence-corrected chi connectivity index (χ2v) is 6.18. The van der Waals surface area contributed by atoms with Crippen LogP contribution in [0.5, 0.6) is 0 Å². The van der Waals surface area contributed by atoms with E-state index in [-0.39, 0.29) is 11.6 Å². The number of halogens is 3. The highest BCUT2D eigenvalue weighted by Gasteiger charge is 2.39. The van der Waals surface area contributed by atoms with Crippen molar-refractivity contribution in [2.75, 3.05) is 11.9 Å². The minimum absolute atomic E-state index is 0.142. The van der Waals surface area contributed by atoms with E-state index in [1.165, 1.54) is 0 Å². The zero-order chi connectivity index (χ0) is 18.8. The first-order valence-corrected chi connectivity index (χ1v) is 7.67. The third-order valence-electron chi connectivity index (χ3n) is 3.61. The van der Waals surface area contributed by atoms with Crippen molar-refractivity contribution in [3.8, 4) is 0 Å². The Labute approximate surface area is 142 Å². The van der Waals surface area contributed by atoms with Gasteiger partial charge in [0.2, 0.25) is 5.91 Å². The number of benzene rings is 1. The predicted molar refractivity (Wildman–Crippen MR) is 83.6 cm³/mol. The number of hydrogen-bond donors (Lipinski definition) is 2. The van der Waals surface area contributed by atoms with Gasteiger partial charge in [-0.1, -0.05) is 13.8 Å². The molecule has 0 bridgehead atoms. The third kappa shape index (κ3) is 4.71. The molecular weight excluding hydrogens is 339 g/mol. The number of carbonyl (C=O) groups is 3. The van der Waals surface area contributed by atoms with Crippen LogP contribution in [0, 0.1) is 5.92 Å². The van der Waals surface area contributed by atoms with E-state index in [4.69, 9.17) is 0 Å². The third-order valence-corrected chi connectivity index (χ3v) is 3.61. The van der Waals surface area contributed by atoms with E-state index >= 15 is 0 Å². The van der Waals surface area contributed by atoms with Crippen LogP contribution in [0.1, 0.15) is 25.8 Å². The summed E-state index contributed by atoms with van der Waals surface area (Å²) in [6.45, 7) is 3.30. The Balaban J connectivity index is 1.96. The number of imide groups is 1. The van der Waals surface area contributed by atoms with E-state index in [1.807, 2.05) is 13.8 Å². The SMILES string of the molecule is CC(C)C[C@H]1NC(=O)N(CC(=O)Nc2ccc(C(F)(F)F)cc2)C1=O. The topological polar surface area (TPSA) is 78.5 Å². The van der Waals surface area contributed by atoms with Crippen molar-refractivity contribution in [2.45, 2.75) is 32.5 Å². The fourth-order valence-electron chi connectivity index (χ4n) is 2.44. The minimum Gasteiger partial charge on any atom is -0.326 e. The largest absolute Gasteiger partial charge is 0.416 e. The number of alkyl halides is 3. The summed E-state index contributed by atoms with van der Waals surface area (Å²) in [5, 5.41) is 4.87. The van der Waals surface area contributed by atoms with E-state index in [0.29, 0.717) is 6.42 Å². The molecule has 25 heavy (non-hydrogen) atoms. The van der Waals surface area contributed by atoms with Crippen LogP contribution in [-0.4, -0.2) is 35.3 Å². The van der Waals surface area contributed by atoms with Crippen LogP contribution in [0.3, 0.4) is 0 Å². The zero-order valence-corrected chi connectivity index (χ0v) is 13.7. The van der Waals surface area contributed by atoms with Gasteiger partial charge in [0.25, 0.3) is 5.91 Å². The average Bonchev–Trinajstić information content (AvgIpc) is 2.74. The second kappa shape index (κ2) is 7.12. The Morgan fingerprint density at radius 3 is 2.36 bits per heavy atom. The molecule has 1 aromatic rings. The summed E-state index contributed by atoms with van der Waals surface area (Å²) in [6, 6.07) is 2.57. The Kier molecular flexibility index (Phi) is 5.34. The highest BCUT2D eigenvalue weighted by Crippen LogP contribution is 2.29. The molecule has 1 saturated heterocycles. The van der Waals surface area contributed by atoms with Gasteiger partial charge in [0.15, 0.2) is 0 Å². The molecule has 4 amide bonds. The van der Waals surface area contributed by atoms with E-state index in [0.717, 1.165) is 29.2 Å². The molecular formula is C16H18F3N3O3. The Morgan fingerprint density at radius 1 is 1.24 bits per heavy atom. The maximum Gasteiger partial charge on any atom is 0.416 e. The molecule has 1 aliphatic rings. The summed E-state index contributed by atoms with van der Waals surface area (Å²) < 4.78 is 37.5. The summed E-state index contributed by atoms with van der Waals surface area (Å²) in [6.07, 6.45) is -4.00. The van der Waals surface area contributed by atoms with Crippen molar-refractivity contribution >= 4 is 23.5 Å². The van der Waals surface area contributed by atoms with Crippen LogP contribution in [0.25, 0.3) is 0 Å². The van der Waals surface area contributed by atoms with Crippen molar-refractivity contribution in [2.24, 2.45) is 5.92 Å². The van der Waals surface area contributed by atoms with Crippen LogP contribution in [0.4, 0.5) is 23.7 Å². The lowest BCUT2D eigenvalue weighted by atomic mass is 10.0. The molecule has 0 saturated carbocycles. The van der Waals surface area contributed by atoms with E-state index in [9.17, 15) is 27.6 Å². The molecule has 136 valence electrons. The van der Waals surface area contributed by atoms with Crippen molar-refractivity contribution in [1.82, 2.24) is 10.2 Å². The van der Waals surface area contributed by atoms with Gasteiger partial charge in [0, 0.05) is 5.69 Å². The first kappa shape index (κ1) is 18.8. The number of amides is 4. The van der Waals surface area contributed by atoms with Crippen molar-refractivity contribution in [3.63, 3.8) is 0 Å². The summed E-state index contributed by atoms with van der Waals surface area (Å²) in [5.41, 5.74) is -0.695. The highest BCUT2D eigenvalue weighted by molar-refractivity contribution is 6.07. The standard InChI is InChI=1S/C16H18F3N3O3/c1-9(2)7-12-14(24)22(15(25)21-12)8-13(23)20-11-5-3-10(4-6-11)16(17,18)19/h3-6,9,12H,7-8H2,1-2H3,(H,20,23)(H,21,25)/t12-/m1/s1. The molecule has 6 nitrogen and oxygen atoms in total. The molecule has 1 aliphatic heterocycles. The maximum atomic E-state index is 12.5. The van der Waals surface area contributed by atoms with Crippen LogP contribution in [-0.2, 0) is 15.8 Å². The summed E-state index contributed by atoms with van der Waals surface area (Å²) in [4.78, 5) is 36.7. The van der Waals surface area contributed by atoms with Crippen molar-refractivity contribution in [3.05, 3.63) is 29.8 Å². The zero-order valence-electron chi connectivity index (χ0n) is 13.7. The Bertz CT molecular complexity index is 671. The molecule has 0 aliphatic carbocycles. The molecule has 1 fully saturated rings. The van der Waals surface area contributed by atoms with E-state index in [1.54, 1.807) is 0 Å². The number of rotatable bonds is 5. The van der Waals surface area contributed by atoms with Gasteiger partial charge in [-0.3, -0.25) is 14.5 Å². The molecule has 0 unspecified atom stereocenters. The van der Waals surface area contributed by atoms with Gasteiger partial charge in [-0.2, -0.15) is 13.2 Å². The minimum atomic E-state index is -4.46. The maximum absolute atomic E-state index is 12.5. The van der Waals surface area contributed by atoms with E-state index in [2.05, 4.69) is 10.6 Å². The van der Waals surface area contributed by atoms with Gasteiger partial charge >= 0.3 is 12.2 Å². The molecule has 2 N–H and O–H groups in total. The summed E-state index contributed by atoms with van der Waals surface area (Å²) in [7, 11) is 0.